The second-order valence-corrected chi connectivity index (χ2v) is 4.28. The molecule has 3 N–H and O–H groups in total. The molecule has 0 bridgehead atoms. The third-order valence-electron chi connectivity index (χ3n) is 2.95. The smallest absolute Gasteiger partial charge is 0.258 e. The van der Waals surface area contributed by atoms with Crippen LogP contribution in [0.15, 0.2) is 12.7 Å². The first-order chi connectivity index (χ1) is 8.81. The molecule has 0 radical (unpaired) electrons. The predicted molar refractivity (Wildman–Crippen MR) is 65.0 cm³/mol. The predicted octanol–water partition coefficient (Wildman–Crippen LogP) is 0.389. The summed E-state index contributed by atoms with van der Waals surface area (Å²) < 4.78 is 1.46. The maximum absolute atomic E-state index is 5.68. The SMILES string of the molecule is Nc1nc(NC2CCCC2)nc(-n2cncn2)n1. The van der Waals surface area contributed by atoms with Gasteiger partial charge in [-0.1, -0.05) is 12.8 Å². The lowest BCUT2D eigenvalue weighted by atomic mass is 10.3. The normalized spacial score (nSPS) is 16.0. The van der Waals surface area contributed by atoms with E-state index in [0.717, 1.165) is 12.8 Å². The molecule has 0 atom stereocenters. The third-order valence-corrected chi connectivity index (χ3v) is 2.95. The fourth-order valence-corrected chi connectivity index (χ4v) is 2.11. The summed E-state index contributed by atoms with van der Waals surface area (Å²) in [6.07, 6.45) is 7.72. The van der Waals surface area contributed by atoms with E-state index in [9.17, 15) is 0 Å². The molecule has 0 aliphatic heterocycles. The lowest BCUT2D eigenvalue weighted by molar-refractivity contribution is 0.733. The molecule has 0 saturated heterocycles. The first-order valence-electron chi connectivity index (χ1n) is 5.94. The summed E-state index contributed by atoms with van der Waals surface area (Å²) >= 11 is 0. The molecule has 1 aliphatic carbocycles. The van der Waals surface area contributed by atoms with E-state index in [2.05, 4.69) is 30.4 Å². The zero-order valence-corrected chi connectivity index (χ0v) is 9.82. The largest absolute Gasteiger partial charge is 0.368 e. The van der Waals surface area contributed by atoms with Gasteiger partial charge in [0.15, 0.2) is 0 Å². The Kier molecular flexibility index (Phi) is 2.75. The Morgan fingerprint density at radius 1 is 1.22 bits per heavy atom. The standard InChI is InChI=1S/C10H14N8/c11-8-15-9(14-7-3-1-2-4-7)17-10(16-8)18-6-12-5-13-18/h5-7H,1-4H2,(H3,11,14,15,16,17). The second kappa shape index (κ2) is 4.55. The lowest BCUT2D eigenvalue weighted by Gasteiger charge is -2.12. The van der Waals surface area contributed by atoms with E-state index in [-0.39, 0.29) is 5.95 Å². The molecule has 0 amide bonds. The Labute approximate surface area is 104 Å². The first-order valence-corrected chi connectivity index (χ1v) is 5.94. The fraction of sp³-hybridized carbons (Fsp3) is 0.500. The highest BCUT2D eigenvalue weighted by Gasteiger charge is 2.16. The van der Waals surface area contributed by atoms with Crippen LogP contribution in [-0.4, -0.2) is 35.8 Å². The Hall–Kier alpha value is -2.25. The van der Waals surface area contributed by atoms with Crippen LogP contribution in [-0.2, 0) is 0 Å². The quantitative estimate of drug-likeness (QED) is 0.806. The average molecular weight is 246 g/mol. The van der Waals surface area contributed by atoms with E-state index in [0.29, 0.717) is 17.9 Å². The van der Waals surface area contributed by atoms with Crippen molar-refractivity contribution >= 4 is 11.9 Å². The summed E-state index contributed by atoms with van der Waals surface area (Å²) in [6.45, 7) is 0. The van der Waals surface area contributed by atoms with Gasteiger partial charge >= 0.3 is 0 Å². The first kappa shape index (κ1) is 10.9. The molecule has 3 rings (SSSR count). The molecule has 8 heteroatoms. The van der Waals surface area contributed by atoms with Gasteiger partial charge in [0.2, 0.25) is 11.9 Å². The molecular weight excluding hydrogens is 232 g/mol. The molecule has 0 aromatic carbocycles. The molecule has 0 unspecified atom stereocenters. The monoisotopic (exact) mass is 246 g/mol. The Morgan fingerprint density at radius 3 is 2.78 bits per heavy atom. The van der Waals surface area contributed by atoms with Crippen molar-refractivity contribution in [3.05, 3.63) is 12.7 Å². The van der Waals surface area contributed by atoms with Crippen molar-refractivity contribution in [1.82, 2.24) is 29.7 Å². The van der Waals surface area contributed by atoms with Gasteiger partial charge in [0, 0.05) is 6.04 Å². The summed E-state index contributed by atoms with van der Waals surface area (Å²) in [5, 5.41) is 7.25. The number of rotatable bonds is 3. The van der Waals surface area contributed by atoms with E-state index in [1.165, 1.54) is 30.2 Å². The number of aromatic nitrogens is 6. The van der Waals surface area contributed by atoms with E-state index in [1.54, 1.807) is 0 Å². The molecule has 0 spiro atoms. The van der Waals surface area contributed by atoms with Crippen molar-refractivity contribution in [2.75, 3.05) is 11.1 Å². The van der Waals surface area contributed by atoms with Gasteiger partial charge in [-0.05, 0) is 12.8 Å². The minimum atomic E-state index is 0.177. The van der Waals surface area contributed by atoms with Crippen LogP contribution in [0.4, 0.5) is 11.9 Å². The number of anilines is 2. The van der Waals surface area contributed by atoms with E-state index < -0.39 is 0 Å². The highest BCUT2D eigenvalue weighted by Crippen LogP contribution is 2.21. The molecule has 94 valence electrons. The minimum Gasteiger partial charge on any atom is -0.368 e. The third kappa shape index (κ3) is 2.22. The van der Waals surface area contributed by atoms with Crippen LogP contribution in [0.5, 0.6) is 0 Å². The van der Waals surface area contributed by atoms with Crippen molar-refractivity contribution in [3.8, 4) is 5.95 Å². The van der Waals surface area contributed by atoms with Crippen LogP contribution in [0.2, 0.25) is 0 Å². The molecular formula is C10H14N8. The highest BCUT2D eigenvalue weighted by molar-refractivity contribution is 5.35. The van der Waals surface area contributed by atoms with E-state index in [4.69, 9.17) is 5.73 Å². The Bertz CT molecular complexity index is 517. The topological polar surface area (TPSA) is 107 Å². The zero-order valence-electron chi connectivity index (χ0n) is 9.82. The summed E-state index contributed by atoms with van der Waals surface area (Å²) in [6, 6.07) is 0.426. The van der Waals surface area contributed by atoms with Crippen molar-refractivity contribution in [1.29, 1.82) is 0 Å². The molecule has 2 aromatic heterocycles. The van der Waals surface area contributed by atoms with Gasteiger partial charge in [0.1, 0.15) is 12.7 Å². The van der Waals surface area contributed by atoms with Gasteiger partial charge in [0.25, 0.3) is 5.95 Å². The minimum absolute atomic E-state index is 0.177. The second-order valence-electron chi connectivity index (χ2n) is 4.28. The number of hydrogen-bond acceptors (Lipinski definition) is 7. The average Bonchev–Trinajstić information content (AvgIpc) is 3.00. The lowest BCUT2D eigenvalue weighted by Crippen LogP contribution is -2.19. The van der Waals surface area contributed by atoms with Crippen LogP contribution < -0.4 is 11.1 Å². The highest BCUT2D eigenvalue weighted by atomic mass is 15.4. The molecule has 1 aliphatic rings. The number of nitrogen functional groups attached to an aromatic ring is 1. The summed E-state index contributed by atoms with van der Waals surface area (Å²) in [4.78, 5) is 16.3. The summed E-state index contributed by atoms with van der Waals surface area (Å²) in [5.74, 6) is 1.05. The number of nitrogens with zero attached hydrogens (tertiary/aromatic N) is 6. The maximum atomic E-state index is 5.68. The van der Waals surface area contributed by atoms with Crippen LogP contribution in [0, 0.1) is 0 Å². The van der Waals surface area contributed by atoms with Crippen molar-refractivity contribution in [2.45, 2.75) is 31.7 Å². The van der Waals surface area contributed by atoms with Gasteiger partial charge in [-0.15, -0.1) is 0 Å². The summed E-state index contributed by atoms with van der Waals surface area (Å²) in [7, 11) is 0. The molecule has 2 aromatic rings. The number of nitrogens with one attached hydrogen (secondary N) is 1. The molecule has 18 heavy (non-hydrogen) atoms. The van der Waals surface area contributed by atoms with Crippen LogP contribution in [0.3, 0.4) is 0 Å². The van der Waals surface area contributed by atoms with Crippen molar-refractivity contribution in [2.24, 2.45) is 0 Å². The van der Waals surface area contributed by atoms with Crippen molar-refractivity contribution < 1.29 is 0 Å². The van der Waals surface area contributed by atoms with Gasteiger partial charge in [0.05, 0.1) is 0 Å². The zero-order chi connectivity index (χ0) is 12.4. The molecule has 1 saturated carbocycles. The van der Waals surface area contributed by atoms with Crippen LogP contribution >= 0.6 is 0 Å². The van der Waals surface area contributed by atoms with Crippen LogP contribution in [0.25, 0.3) is 5.95 Å². The van der Waals surface area contributed by atoms with Gasteiger partial charge < -0.3 is 11.1 Å². The van der Waals surface area contributed by atoms with Gasteiger partial charge in [-0.3, -0.25) is 0 Å². The fourth-order valence-electron chi connectivity index (χ4n) is 2.11. The van der Waals surface area contributed by atoms with Crippen LogP contribution in [0.1, 0.15) is 25.7 Å². The molecule has 8 nitrogen and oxygen atoms in total. The molecule has 2 heterocycles. The van der Waals surface area contributed by atoms with Gasteiger partial charge in [-0.2, -0.15) is 24.7 Å². The number of nitrogens with two attached hydrogens (primary N) is 1. The Balaban J connectivity index is 1.86. The maximum Gasteiger partial charge on any atom is 0.258 e. The van der Waals surface area contributed by atoms with E-state index in [1.807, 2.05) is 0 Å². The molecule has 1 fully saturated rings. The summed E-state index contributed by atoms with van der Waals surface area (Å²) in [5.41, 5.74) is 5.68. The van der Waals surface area contributed by atoms with Crippen molar-refractivity contribution in [3.63, 3.8) is 0 Å². The van der Waals surface area contributed by atoms with Gasteiger partial charge in [-0.25, -0.2) is 4.98 Å². The number of hydrogen-bond donors (Lipinski definition) is 2. The Morgan fingerprint density at radius 2 is 2.06 bits per heavy atom. The van der Waals surface area contributed by atoms with E-state index >= 15 is 0 Å².